The highest BCUT2D eigenvalue weighted by Gasteiger charge is 2.09. The highest BCUT2D eigenvalue weighted by atomic mass is 16.3. The van der Waals surface area contributed by atoms with Crippen molar-refractivity contribution in [2.24, 2.45) is 0 Å². The van der Waals surface area contributed by atoms with Gasteiger partial charge in [0.1, 0.15) is 13.1 Å². The number of hydrogen-bond donors (Lipinski definition) is 1. The van der Waals surface area contributed by atoms with Crippen LogP contribution in [0.4, 0.5) is 0 Å². The van der Waals surface area contributed by atoms with Crippen LogP contribution in [0.2, 0.25) is 0 Å². The van der Waals surface area contributed by atoms with E-state index in [9.17, 15) is 0 Å². The number of nitrogens with one attached hydrogen (secondary N) is 1. The number of furan rings is 1. The molecular formula is C14H18NO+. The van der Waals surface area contributed by atoms with Gasteiger partial charge in [0, 0.05) is 5.56 Å². The standard InChI is InChI=1S/C14H17NO/c1-2-15(12-14-9-6-10-16-14)11-13-7-4-3-5-8-13/h3-10H,2,11-12H2,1H3/p+1. The van der Waals surface area contributed by atoms with Gasteiger partial charge in [-0.25, -0.2) is 0 Å². The molecule has 0 spiro atoms. The molecule has 16 heavy (non-hydrogen) atoms. The van der Waals surface area contributed by atoms with Gasteiger partial charge in [-0.3, -0.25) is 0 Å². The average molecular weight is 216 g/mol. The van der Waals surface area contributed by atoms with Gasteiger partial charge in [0.15, 0.2) is 5.76 Å². The molecule has 0 fully saturated rings. The Morgan fingerprint density at radius 1 is 1.00 bits per heavy atom. The Balaban J connectivity index is 1.96. The van der Waals surface area contributed by atoms with Gasteiger partial charge in [0.2, 0.25) is 0 Å². The molecule has 0 bridgehead atoms. The summed E-state index contributed by atoms with van der Waals surface area (Å²) >= 11 is 0. The van der Waals surface area contributed by atoms with Gasteiger partial charge in [-0.2, -0.15) is 0 Å². The molecule has 0 aliphatic carbocycles. The second-order valence-corrected chi connectivity index (χ2v) is 4.02. The Morgan fingerprint density at radius 2 is 1.81 bits per heavy atom. The first kappa shape index (κ1) is 11.0. The fourth-order valence-electron chi connectivity index (χ4n) is 1.86. The number of quaternary nitrogens is 1. The quantitative estimate of drug-likeness (QED) is 0.808. The van der Waals surface area contributed by atoms with E-state index in [0.29, 0.717) is 0 Å². The summed E-state index contributed by atoms with van der Waals surface area (Å²) in [6.07, 6.45) is 1.74. The third-order valence-corrected chi connectivity index (χ3v) is 2.80. The molecule has 2 nitrogen and oxygen atoms in total. The molecule has 1 aromatic carbocycles. The maximum Gasteiger partial charge on any atom is 0.157 e. The molecule has 0 radical (unpaired) electrons. The molecule has 2 heteroatoms. The fourth-order valence-corrected chi connectivity index (χ4v) is 1.86. The minimum absolute atomic E-state index is 0.957. The molecule has 1 aromatic heterocycles. The molecule has 0 saturated heterocycles. The van der Waals surface area contributed by atoms with E-state index in [1.165, 1.54) is 10.5 Å². The van der Waals surface area contributed by atoms with Crippen molar-refractivity contribution in [3.8, 4) is 0 Å². The minimum Gasteiger partial charge on any atom is -0.463 e. The van der Waals surface area contributed by atoms with Crippen LogP contribution in [-0.2, 0) is 13.1 Å². The van der Waals surface area contributed by atoms with E-state index < -0.39 is 0 Å². The second kappa shape index (κ2) is 5.52. The first-order valence-electron chi connectivity index (χ1n) is 5.78. The van der Waals surface area contributed by atoms with Crippen LogP contribution in [0.3, 0.4) is 0 Å². The zero-order chi connectivity index (χ0) is 11.2. The summed E-state index contributed by atoms with van der Waals surface area (Å²) in [6.45, 7) is 5.33. The SMILES string of the molecule is CC[NH+](Cc1ccccc1)Cc1ccco1. The van der Waals surface area contributed by atoms with E-state index in [2.05, 4.69) is 37.3 Å². The normalized spacial score (nSPS) is 12.6. The molecular weight excluding hydrogens is 198 g/mol. The molecule has 1 atom stereocenters. The molecule has 0 aliphatic heterocycles. The van der Waals surface area contributed by atoms with E-state index >= 15 is 0 Å². The van der Waals surface area contributed by atoms with Crippen LogP contribution < -0.4 is 4.90 Å². The molecule has 1 heterocycles. The predicted molar refractivity (Wildman–Crippen MR) is 64.1 cm³/mol. The van der Waals surface area contributed by atoms with E-state index in [4.69, 9.17) is 4.42 Å². The zero-order valence-electron chi connectivity index (χ0n) is 9.65. The Morgan fingerprint density at radius 3 is 2.44 bits per heavy atom. The van der Waals surface area contributed by atoms with Gasteiger partial charge in [-0.1, -0.05) is 30.3 Å². The zero-order valence-corrected chi connectivity index (χ0v) is 9.65. The lowest BCUT2D eigenvalue weighted by molar-refractivity contribution is -0.926. The molecule has 84 valence electrons. The van der Waals surface area contributed by atoms with Gasteiger partial charge in [-0.05, 0) is 19.1 Å². The van der Waals surface area contributed by atoms with Gasteiger partial charge >= 0.3 is 0 Å². The van der Waals surface area contributed by atoms with E-state index in [-0.39, 0.29) is 0 Å². The van der Waals surface area contributed by atoms with Gasteiger partial charge < -0.3 is 9.32 Å². The van der Waals surface area contributed by atoms with Gasteiger partial charge in [-0.15, -0.1) is 0 Å². The summed E-state index contributed by atoms with van der Waals surface area (Å²) in [5.74, 6) is 1.06. The van der Waals surface area contributed by atoms with Gasteiger partial charge in [0.25, 0.3) is 0 Å². The maximum absolute atomic E-state index is 5.38. The van der Waals surface area contributed by atoms with Crippen LogP contribution in [0, 0.1) is 0 Å². The molecule has 0 aliphatic rings. The summed E-state index contributed by atoms with van der Waals surface area (Å²) in [4.78, 5) is 1.51. The molecule has 1 N–H and O–H groups in total. The van der Waals surface area contributed by atoms with Crippen molar-refractivity contribution in [3.63, 3.8) is 0 Å². The summed E-state index contributed by atoms with van der Waals surface area (Å²) < 4.78 is 5.38. The predicted octanol–water partition coefficient (Wildman–Crippen LogP) is 1.88. The van der Waals surface area contributed by atoms with Crippen LogP contribution in [0.15, 0.2) is 53.1 Å². The molecule has 2 rings (SSSR count). The highest BCUT2D eigenvalue weighted by Crippen LogP contribution is 1.99. The summed E-state index contributed by atoms with van der Waals surface area (Å²) in [7, 11) is 0. The first-order chi connectivity index (χ1) is 7.88. The van der Waals surface area contributed by atoms with E-state index in [1.807, 2.05) is 12.1 Å². The average Bonchev–Trinajstić information content (AvgIpc) is 2.82. The first-order valence-corrected chi connectivity index (χ1v) is 5.78. The number of rotatable bonds is 5. The lowest BCUT2D eigenvalue weighted by Crippen LogP contribution is -3.09. The van der Waals surface area contributed by atoms with E-state index in [0.717, 1.165) is 25.4 Å². The number of benzene rings is 1. The molecule has 2 aromatic rings. The molecule has 0 saturated carbocycles. The largest absolute Gasteiger partial charge is 0.463 e. The second-order valence-electron chi connectivity index (χ2n) is 4.02. The minimum atomic E-state index is 0.957. The lowest BCUT2D eigenvalue weighted by Gasteiger charge is -2.16. The Bertz CT molecular complexity index is 394. The summed E-state index contributed by atoms with van der Waals surface area (Å²) in [5.41, 5.74) is 1.38. The third kappa shape index (κ3) is 2.97. The summed E-state index contributed by atoms with van der Waals surface area (Å²) in [6, 6.07) is 14.6. The fraction of sp³-hybridized carbons (Fsp3) is 0.286. The van der Waals surface area contributed by atoms with Crippen LogP contribution in [0.5, 0.6) is 0 Å². The monoisotopic (exact) mass is 216 g/mol. The van der Waals surface area contributed by atoms with Crippen molar-refractivity contribution in [2.45, 2.75) is 20.0 Å². The van der Waals surface area contributed by atoms with Crippen molar-refractivity contribution in [1.82, 2.24) is 0 Å². The van der Waals surface area contributed by atoms with Crippen molar-refractivity contribution in [2.75, 3.05) is 6.54 Å². The Kier molecular flexibility index (Phi) is 3.78. The van der Waals surface area contributed by atoms with Crippen molar-refractivity contribution >= 4 is 0 Å². The topological polar surface area (TPSA) is 17.6 Å². The van der Waals surface area contributed by atoms with Crippen molar-refractivity contribution < 1.29 is 9.32 Å². The number of hydrogen-bond acceptors (Lipinski definition) is 1. The third-order valence-electron chi connectivity index (χ3n) is 2.80. The van der Waals surface area contributed by atoms with Crippen LogP contribution >= 0.6 is 0 Å². The Hall–Kier alpha value is -1.54. The maximum atomic E-state index is 5.38. The van der Waals surface area contributed by atoms with Crippen LogP contribution in [-0.4, -0.2) is 6.54 Å². The highest BCUT2D eigenvalue weighted by molar-refractivity contribution is 5.13. The van der Waals surface area contributed by atoms with E-state index in [1.54, 1.807) is 6.26 Å². The van der Waals surface area contributed by atoms with Gasteiger partial charge in [0.05, 0.1) is 12.8 Å². The molecule has 0 amide bonds. The van der Waals surface area contributed by atoms with Crippen LogP contribution in [0.1, 0.15) is 18.2 Å². The van der Waals surface area contributed by atoms with Crippen molar-refractivity contribution in [1.29, 1.82) is 0 Å². The summed E-state index contributed by atoms with van der Waals surface area (Å²) in [5, 5.41) is 0. The lowest BCUT2D eigenvalue weighted by atomic mass is 10.2. The smallest absolute Gasteiger partial charge is 0.157 e. The van der Waals surface area contributed by atoms with Crippen LogP contribution in [0.25, 0.3) is 0 Å². The molecule has 1 unspecified atom stereocenters. The Labute approximate surface area is 96.5 Å². The van der Waals surface area contributed by atoms with Crippen molar-refractivity contribution in [3.05, 3.63) is 60.1 Å².